The molecule has 0 unspecified atom stereocenters. The summed E-state index contributed by atoms with van der Waals surface area (Å²) in [7, 11) is 0. The summed E-state index contributed by atoms with van der Waals surface area (Å²) in [5.41, 5.74) is 2.64. The topological polar surface area (TPSA) is 20.3 Å². The molecule has 0 radical (unpaired) electrons. The lowest BCUT2D eigenvalue weighted by Gasteiger charge is -2.18. The number of hydrogen-bond donors (Lipinski definition) is 0. The van der Waals surface area contributed by atoms with Gasteiger partial charge in [-0.1, -0.05) is 41.4 Å². The number of fused-ring (bicyclic) bond motifs is 1. The Balaban J connectivity index is 2.14. The van der Waals surface area contributed by atoms with Crippen LogP contribution >= 0.6 is 23.2 Å². The van der Waals surface area contributed by atoms with Crippen LogP contribution in [0.2, 0.25) is 10.0 Å². The predicted molar refractivity (Wildman–Crippen MR) is 73.8 cm³/mol. The average molecular weight is 278 g/mol. The third-order valence-corrected chi connectivity index (χ3v) is 3.37. The van der Waals surface area contributed by atoms with Crippen LogP contribution in [0.25, 0.3) is 0 Å². The van der Waals surface area contributed by atoms with Crippen molar-refractivity contribution in [2.45, 2.75) is 6.42 Å². The Morgan fingerprint density at radius 3 is 2.39 bits per heavy atom. The monoisotopic (exact) mass is 277 g/mol. The maximum absolute atomic E-state index is 12.1. The highest BCUT2D eigenvalue weighted by atomic mass is 35.5. The van der Waals surface area contributed by atoms with Gasteiger partial charge in [0.15, 0.2) is 0 Å². The molecule has 18 heavy (non-hydrogen) atoms. The van der Waals surface area contributed by atoms with Crippen LogP contribution in [-0.4, -0.2) is 5.91 Å². The second-order valence-corrected chi connectivity index (χ2v) is 5.04. The van der Waals surface area contributed by atoms with Crippen molar-refractivity contribution in [2.24, 2.45) is 0 Å². The zero-order valence-electron chi connectivity index (χ0n) is 9.36. The molecule has 1 aliphatic heterocycles. The molecular formula is C14H9Cl2NO. The van der Waals surface area contributed by atoms with Crippen LogP contribution in [0.4, 0.5) is 11.4 Å². The summed E-state index contributed by atoms with van der Waals surface area (Å²) in [5.74, 6) is 0.0366. The first kappa shape index (κ1) is 11.6. The SMILES string of the molecule is O=C1Cc2ccccc2N1c1cc(Cl)cc(Cl)c1. The largest absolute Gasteiger partial charge is 0.280 e. The maximum Gasteiger partial charge on any atom is 0.236 e. The second kappa shape index (κ2) is 4.30. The molecule has 0 saturated carbocycles. The van der Waals surface area contributed by atoms with E-state index in [4.69, 9.17) is 23.2 Å². The van der Waals surface area contributed by atoms with Gasteiger partial charge in [0.25, 0.3) is 0 Å². The molecule has 3 rings (SSSR count). The van der Waals surface area contributed by atoms with E-state index in [2.05, 4.69) is 0 Å². The minimum atomic E-state index is 0.0366. The van der Waals surface area contributed by atoms with Crippen molar-refractivity contribution in [3.05, 3.63) is 58.1 Å². The van der Waals surface area contributed by atoms with Crippen LogP contribution in [0.15, 0.2) is 42.5 Å². The third kappa shape index (κ3) is 1.88. The standard InChI is InChI=1S/C14H9Cl2NO/c15-10-6-11(16)8-12(7-10)17-13-4-2-1-3-9(13)5-14(17)18/h1-4,6-8H,5H2. The molecular weight excluding hydrogens is 269 g/mol. The van der Waals surface area contributed by atoms with Gasteiger partial charge in [-0.2, -0.15) is 0 Å². The number of carbonyl (C=O) groups is 1. The first-order valence-corrected chi connectivity index (χ1v) is 6.28. The molecule has 0 bridgehead atoms. The Kier molecular flexibility index (Phi) is 2.77. The molecule has 0 saturated heterocycles. The minimum Gasteiger partial charge on any atom is -0.280 e. The van der Waals surface area contributed by atoms with E-state index in [0.717, 1.165) is 11.3 Å². The molecule has 2 aromatic carbocycles. The lowest BCUT2D eigenvalue weighted by atomic mass is 10.2. The van der Waals surface area contributed by atoms with Gasteiger partial charge in [-0.3, -0.25) is 9.69 Å². The van der Waals surface area contributed by atoms with E-state index in [1.165, 1.54) is 0 Å². The highest BCUT2D eigenvalue weighted by Gasteiger charge is 2.28. The maximum atomic E-state index is 12.1. The lowest BCUT2D eigenvalue weighted by Crippen LogP contribution is -2.20. The number of benzene rings is 2. The molecule has 2 nitrogen and oxygen atoms in total. The first-order chi connectivity index (χ1) is 8.65. The number of hydrogen-bond acceptors (Lipinski definition) is 1. The fraction of sp³-hybridized carbons (Fsp3) is 0.0714. The highest BCUT2D eigenvalue weighted by molar-refractivity contribution is 6.35. The average Bonchev–Trinajstić information content (AvgIpc) is 2.63. The number of para-hydroxylation sites is 1. The number of nitrogens with zero attached hydrogens (tertiary/aromatic N) is 1. The summed E-state index contributed by atoms with van der Waals surface area (Å²) in [6, 6.07) is 12.9. The number of rotatable bonds is 1. The van der Waals surface area contributed by atoms with E-state index >= 15 is 0 Å². The lowest BCUT2D eigenvalue weighted by molar-refractivity contribution is -0.116. The summed E-state index contributed by atoms with van der Waals surface area (Å²) in [4.78, 5) is 13.8. The molecule has 0 fully saturated rings. The molecule has 0 spiro atoms. The van der Waals surface area contributed by atoms with Gasteiger partial charge in [-0.05, 0) is 29.8 Å². The summed E-state index contributed by atoms with van der Waals surface area (Å²) < 4.78 is 0. The van der Waals surface area contributed by atoms with Crippen molar-refractivity contribution in [1.29, 1.82) is 0 Å². The van der Waals surface area contributed by atoms with Crippen molar-refractivity contribution in [3.8, 4) is 0 Å². The quantitative estimate of drug-likeness (QED) is 0.765. The normalized spacial score (nSPS) is 13.9. The van der Waals surface area contributed by atoms with Gasteiger partial charge in [0.1, 0.15) is 0 Å². The molecule has 2 aromatic rings. The van der Waals surface area contributed by atoms with Crippen LogP contribution in [0.5, 0.6) is 0 Å². The molecule has 1 heterocycles. The molecule has 0 aliphatic carbocycles. The molecule has 1 amide bonds. The molecule has 0 N–H and O–H groups in total. The fourth-order valence-corrected chi connectivity index (χ4v) is 2.72. The smallest absolute Gasteiger partial charge is 0.236 e. The van der Waals surface area contributed by atoms with Crippen molar-refractivity contribution in [2.75, 3.05) is 4.90 Å². The summed E-state index contributed by atoms with van der Waals surface area (Å²) in [5, 5.41) is 1.05. The van der Waals surface area contributed by atoms with Crippen LogP contribution < -0.4 is 4.90 Å². The molecule has 90 valence electrons. The van der Waals surface area contributed by atoms with Crippen LogP contribution in [-0.2, 0) is 11.2 Å². The Hall–Kier alpha value is -1.51. The van der Waals surface area contributed by atoms with Crippen LogP contribution in [0.1, 0.15) is 5.56 Å². The van der Waals surface area contributed by atoms with Crippen LogP contribution in [0, 0.1) is 0 Å². The van der Waals surface area contributed by atoms with Gasteiger partial charge in [0.05, 0.1) is 17.8 Å². The summed E-state index contributed by atoms with van der Waals surface area (Å²) in [6.45, 7) is 0. The van der Waals surface area contributed by atoms with Gasteiger partial charge in [0.2, 0.25) is 5.91 Å². The third-order valence-electron chi connectivity index (χ3n) is 2.93. The zero-order chi connectivity index (χ0) is 12.7. The minimum absolute atomic E-state index is 0.0366. The molecule has 0 aromatic heterocycles. The fourth-order valence-electron chi connectivity index (χ4n) is 2.21. The predicted octanol–water partition coefficient (Wildman–Crippen LogP) is 4.21. The van der Waals surface area contributed by atoms with Gasteiger partial charge >= 0.3 is 0 Å². The van der Waals surface area contributed by atoms with Crippen molar-refractivity contribution >= 4 is 40.5 Å². The summed E-state index contributed by atoms with van der Waals surface area (Å²) >= 11 is 12.0. The molecule has 1 aliphatic rings. The van der Waals surface area contributed by atoms with Gasteiger partial charge < -0.3 is 0 Å². The van der Waals surface area contributed by atoms with E-state index in [1.54, 1.807) is 23.1 Å². The number of carbonyl (C=O) groups excluding carboxylic acids is 1. The van der Waals surface area contributed by atoms with E-state index < -0.39 is 0 Å². The zero-order valence-corrected chi connectivity index (χ0v) is 10.9. The van der Waals surface area contributed by atoms with Crippen LogP contribution in [0.3, 0.4) is 0 Å². The Bertz CT molecular complexity index is 619. The van der Waals surface area contributed by atoms with E-state index in [-0.39, 0.29) is 5.91 Å². The van der Waals surface area contributed by atoms with Crippen molar-refractivity contribution in [3.63, 3.8) is 0 Å². The Morgan fingerprint density at radius 2 is 1.67 bits per heavy atom. The molecule has 4 heteroatoms. The second-order valence-electron chi connectivity index (χ2n) is 4.16. The van der Waals surface area contributed by atoms with Crippen molar-refractivity contribution < 1.29 is 4.79 Å². The van der Waals surface area contributed by atoms with Gasteiger partial charge in [-0.25, -0.2) is 0 Å². The number of halogens is 2. The summed E-state index contributed by atoms with van der Waals surface area (Å²) in [6.07, 6.45) is 0.417. The number of anilines is 2. The Labute approximate surface area is 115 Å². The van der Waals surface area contributed by atoms with E-state index in [0.29, 0.717) is 22.2 Å². The van der Waals surface area contributed by atoms with Crippen molar-refractivity contribution in [1.82, 2.24) is 0 Å². The first-order valence-electron chi connectivity index (χ1n) is 5.52. The molecule has 0 atom stereocenters. The van der Waals surface area contributed by atoms with Gasteiger partial charge in [-0.15, -0.1) is 0 Å². The van der Waals surface area contributed by atoms with Gasteiger partial charge in [0, 0.05) is 10.0 Å². The van der Waals surface area contributed by atoms with E-state index in [1.807, 2.05) is 24.3 Å². The Morgan fingerprint density at radius 1 is 1.00 bits per heavy atom. The highest BCUT2D eigenvalue weighted by Crippen LogP contribution is 2.37. The number of amides is 1. The van der Waals surface area contributed by atoms with E-state index in [9.17, 15) is 4.79 Å².